The van der Waals surface area contributed by atoms with E-state index in [-0.39, 0.29) is 12.2 Å². The van der Waals surface area contributed by atoms with Crippen molar-refractivity contribution in [2.45, 2.75) is 49.8 Å². The number of benzene rings is 1. The zero-order valence-corrected chi connectivity index (χ0v) is 21.3. The zero-order chi connectivity index (χ0) is 28.1. The third kappa shape index (κ3) is 7.12. The van der Waals surface area contributed by atoms with E-state index in [0.717, 1.165) is 23.1 Å². The van der Waals surface area contributed by atoms with Crippen LogP contribution in [0.1, 0.15) is 27.2 Å². The van der Waals surface area contributed by atoms with Crippen LogP contribution in [0.2, 0.25) is 0 Å². The molecule has 1 heterocycles. The van der Waals surface area contributed by atoms with Crippen molar-refractivity contribution in [1.82, 2.24) is 9.37 Å². The molecule has 202 valence electrons. The number of hydroxylamine groups is 1. The van der Waals surface area contributed by atoms with Gasteiger partial charge in [-0.3, -0.25) is 29.4 Å². The van der Waals surface area contributed by atoms with Gasteiger partial charge in [-0.15, -0.1) is 6.58 Å². The lowest BCUT2D eigenvalue weighted by Gasteiger charge is -2.41. The summed E-state index contributed by atoms with van der Waals surface area (Å²) >= 11 is 0. The second-order valence-electron chi connectivity index (χ2n) is 8.95. The van der Waals surface area contributed by atoms with Crippen LogP contribution in [0.3, 0.4) is 0 Å². The van der Waals surface area contributed by atoms with Gasteiger partial charge in [-0.25, -0.2) is 13.2 Å². The van der Waals surface area contributed by atoms with E-state index in [9.17, 15) is 32.9 Å². The highest BCUT2D eigenvalue weighted by Crippen LogP contribution is 2.33. The molecule has 0 aromatic heterocycles. The van der Waals surface area contributed by atoms with Gasteiger partial charge in [-0.1, -0.05) is 28.8 Å². The highest BCUT2D eigenvalue weighted by molar-refractivity contribution is 7.89. The molecule has 2 rings (SSSR count). The molecule has 4 N–H and O–H groups in total. The van der Waals surface area contributed by atoms with Gasteiger partial charge in [0, 0.05) is 19.0 Å². The Morgan fingerprint density at radius 2 is 1.89 bits per heavy atom. The first kappa shape index (κ1) is 29.4. The maximum absolute atomic E-state index is 13.7. The molecule has 1 unspecified atom stereocenters. The Morgan fingerprint density at radius 3 is 2.41 bits per heavy atom. The standard InChI is InChI=1S/C22H29N5O9S/c1-5-10-35-27(37(33,34)18-9-7-6-8-15(18)26(31)32)17-13-25(21(30)36-22(2,3)4)16(20(24)29)11-14(17)12-19(23)28/h5-9,11,16-17H,1,10,12-13H2,2-4H3,(H2,23,28)(H2,24,29)/t16-,17?/m0/s1. The van der Waals surface area contributed by atoms with E-state index >= 15 is 0 Å². The molecule has 15 heteroatoms. The van der Waals surface area contributed by atoms with Crippen molar-refractivity contribution in [2.24, 2.45) is 11.5 Å². The number of nitro groups is 1. The van der Waals surface area contributed by atoms with Gasteiger partial charge in [0.1, 0.15) is 11.6 Å². The van der Waals surface area contributed by atoms with Gasteiger partial charge in [0.15, 0.2) is 4.90 Å². The molecule has 0 saturated carbocycles. The smallest absolute Gasteiger partial charge is 0.411 e. The fourth-order valence-corrected chi connectivity index (χ4v) is 5.11. The van der Waals surface area contributed by atoms with Gasteiger partial charge in [0.2, 0.25) is 11.8 Å². The molecule has 37 heavy (non-hydrogen) atoms. The number of primary amides is 2. The second-order valence-corrected chi connectivity index (χ2v) is 10.7. The normalized spacial score (nSPS) is 18.2. The first-order valence-corrected chi connectivity index (χ1v) is 12.3. The predicted molar refractivity (Wildman–Crippen MR) is 130 cm³/mol. The number of amides is 3. The summed E-state index contributed by atoms with van der Waals surface area (Å²) in [6, 6.07) is 1.72. The Hall–Kier alpha value is -3.82. The van der Waals surface area contributed by atoms with Crippen LogP contribution in [-0.2, 0) is 29.2 Å². The highest BCUT2D eigenvalue weighted by atomic mass is 32.2. The van der Waals surface area contributed by atoms with Crippen molar-refractivity contribution >= 4 is 33.6 Å². The summed E-state index contributed by atoms with van der Waals surface area (Å²) in [6.45, 7) is 7.29. The van der Waals surface area contributed by atoms with E-state index in [4.69, 9.17) is 21.0 Å². The number of carbonyl (C=O) groups excluding carboxylic acids is 3. The minimum Gasteiger partial charge on any atom is -0.444 e. The molecule has 1 aliphatic heterocycles. The van der Waals surface area contributed by atoms with Crippen molar-refractivity contribution in [3.05, 3.63) is 58.7 Å². The van der Waals surface area contributed by atoms with Gasteiger partial charge in [0.05, 0.1) is 17.6 Å². The fourth-order valence-electron chi connectivity index (χ4n) is 3.52. The summed E-state index contributed by atoms with van der Waals surface area (Å²) in [5.74, 6) is -1.86. The van der Waals surface area contributed by atoms with Crippen LogP contribution in [0, 0.1) is 10.1 Å². The Morgan fingerprint density at radius 1 is 1.27 bits per heavy atom. The van der Waals surface area contributed by atoms with E-state index in [1.54, 1.807) is 20.8 Å². The molecule has 3 amide bonds. The molecule has 0 fully saturated rings. The minimum absolute atomic E-state index is 0.0117. The molecular formula is C22H29N5O9S. The Balaban J connectivity index is 2.74. The average Bonchev–Trinajstić information content (AvgIpc) is 2.78. The van der Waals surface area contributed by atoms with Gasteiger partial charge in [-0.05, 0) is 32.4 Å². The maximum atomic E-state index is 13.7. The number of rotatable bonds is 10. The van der Waals surface area contributed by atoms with Crippen LogP contribution < -0.4 is 11.5 Å². The number of carbonyl (C=O) groups is 3. The second kappa shape index (κ2) is 11.5. The Labute approximate surface area is 213 Å². The summed E-state index contributed by atoms with van der Waals surface area (Å²) in [4.78, 5) is 53.3. The largest absolute Gasteiger partial charge is 0.444 e. The Bertz CT molecular complexity index is 1220. The van der Waals surface area contributed by atoms with E-state index in [1.165, 1.54) is 18.2 Å². The summed E-state index contributed by atoms with van der Waals surface area (Å²) in [6.07, 6.45) is 0.823. The van der Waals surface area contributed by atoms with Crippen molar-refractivity contribution < 1.29 is 37.3 Å². The lowest BCUT2D eigenvalue weighted by molar-refractivity contribution is -0.388. The highest BCUT2D eigenvalue weighted by Gasteiger charge is 2.45. The van der Waals surface area contributed by atoms with Crippen LogP contribution in [0.5, 0.6) is 0 Å². The summed E-state index contributed by atoms with van der Waals surface area (Å²) in [7, 11) is -4.81. The summed E-state index contributed by atoms with van der Waals surface area (Å²) < 4.78 is 33.2. The third-order valence-corrected chi connectivity index (χ3v) is 6.69. The summed E-state index contributed by atoms with van der Waals surface area (Å²) in [5, 5.41) is 11.6. The average molecular weight is 540 g/mol. The number of nitrogens with two attached hydrogens (primary N) is 2. The lowest BCUT2D eigenvalue weighted by atomic mass is 9.95. The van der Waals surface area contributed by atoms with Crippen molar-refractivity contribution in [2.75, 3.05) is 13.2 Å². The summed E-state index contributed by atoms with van der Waals surface area (Å²) in [5.41, 5.74) is 9.11. The van der Waals surface area contributed by atoms with E-state index in [2.05, 4.69) is 6.58 Å². The molecule has 0 bridgehead atoms. The molecule has 0 aliphatic carbocycles. The fraction of sp³-hybridized carbons (Fsp3) is 0.409. The maximum Gasteiger partial charge on any atom is 0.411 e. The lowest BCUT2D eigenvalue weighted by Crippen LogP contribution is -2.58. The van der Waals surface area contributed by atoms with Gasteiger partial charge in [0.25, 0.3) is 15.7 Å². The number of nitrogens with zero attached hydrogens (tertiary/aromatic N) is 3. The monoisotopic (exact) mass is 539 g/mol. The number of nitro benzene ring substituents is 1. The number of hydrogen-bond acceptors (Lipinski definition) is 9. The number of hydrogen-bond donors (Lipinski definition) is 2. The van der Waals surface area contributed by atoms with Gasteiger partial charge >= 0.3 is 6.09 Å². The zero-order valence-electron chi connectivity index (χ0n) is 20.5. The number of para-hydroxylation sites is 1. The van der Waals surface area contributed by atoms with E-state index < -0.39 is 74.1 Å². The molecule has 1 aromatic carbocycles. The van der Waals surface area contributed by atoms with Crippen molar-refractivity contribution in [1.29, 1.82) is 0 Å². The van der Waals surface area contributed by atoms with E-state index in [0.29, 0.717) is 4.47 Å². The number of sulfonamides is 1. The van der Waals surface area contributed by atoms with Crippen LogP contribution in [0.25, 0.3) is 0 Å². The Kier molecular flexibility index (Phi) is 9.13. The molecule has 1 aromatic rings. The molecule has 2 atom stereocenters. The van der Waals surface area contributed by atoms with Crippen LogP contribution in [-0.4, -0.2) is 71.5 Å². The molecule has 14 nitrogen and oxygen atoms in total. The predicted octanol–water partition coefficient (Wildman–Crippen LogP) is 0.978. The first-order valence-electron chi connectivity index (χ1n) is 10.9. The van der Waals surface area contributed by atoms with E-state index in [1.807, 2.05) is 0 Å². The van der Waals surface area contributed by atoms with Crippen molar-refractivity contribution in [3.63, 3.8) is 0 Å². The minimum atomic E-state index is -4.81. The van der Waals surface area contributed by atoms with Crippen LogP contribution >= 0.6 is 0 Å². The molecule has 1 aliphatic rings. The first-order chi connectivity index (χ1) is 17.1. The molecular weight excluding hydrogens is 510 g/mol. The topological polar surface area (TPSA) is 205 Å². The van der Waals surface area contributed by atoms with Gasteiger partial charge in [-0.2, -0.15) is 0 Å². The van der Waals surface area contributed by atoms with Crippen LogP contribution in [0.4, 0.5) is 10.5 Å². The quantitative estimate of drug-likeness (QED) is 0.246. The van der Waals surface area contributed by atoms with Crippen molar-refractivity contribution in [3.8, 4) is 0 Å². The molecule has 0 spiro atoms. The number of ether oxygens (including phenoxy) is 1. The van der Waals surface area contributed by atoms with Crippen LogP contribution in [0.15, 0.2) is 53.5 Å². The third-order valence-electron chi connectivity index (χ3n) is 4.95. The SMILES string of the molecule is C=CCON(C1CN(C(=O)OC(C)(C)C)[C@H](C(N)=O)C=C1CC(N)=O)S(=O)(=O)c1ccccc1[N+](=O)[O-]. The molecule has 0 radical (unpaired) electrons. The van der Waals surface area contributed by atoms with Gasteiger partial charge < -0.3 is 16.2 Å². The molecule has 0 saturated heterocycles.